The van der Waals surface area contributed by atoms with Crippen molar-refractivity contribution < 1.29 is 119 Å². The van der Waals surface area contributed by atoms with Crippen LogP contribution in [0.4, 0.5) is 0 Å². The number of carboxylic acids is 1. The molecule has 5 heterocycles. The number of ether oxygens (including phenoxy) is 10. The highest BCUT2D eigenvalue weighted by atomic mass is 16.8. The van der Waals surface area contributed by atoms with Gasteiger partial charge in [0.1, 0.15) is 97.7 Å². The summed E-state index contributed by atoms with van der Waals surface area (Å²) >= 11 is 0. The zero-order valence-corrected chi connectivity index (χ0v) is 39.8. The fourth-order valence-corrected chi connectivity index (χ4v) is 9.33. The van der Waals surface area contributed by atoms with Crippen molar-refractivity contribution in [2.45, 2.75) is 265 Å². The number of carbonyl (C=O) groups is 1. The van der Waals surface area contributed by atoms with Crippen molar-refractivity contribution in [3.8, 4) is 0 Å². The molecule has 25 atom stereocenters. The van der Waals surface area contributed by atoms with E-state index >= 15 is 0 Å². The molecule has 0 aromatic rings. The minimum absolute atomic E-state index is 0.167. The second-order valence-electron chi connectivity index (χ2n) is 19.1. The van der Waals surface area contributed by atoms with Crippen molar-refractivity contribution in [2.24, 2.45) is 0 Å². The van der Waals surface area contributed by atoms with Gasteiger partial charge in [-0.3, -0.25) is 4.79 Å². The first-order valence-corrected chi connectivity index (χ1v) is 24.6. The second kappa shape index (κ2) is 27.8. The van der Waals surface area contributed by atoms with Gasteiger partial charge in [-0.1, -0.05) is 64.7 Å². The van der Waals surface area contributed by atoms with Gasteiger partial charge in [0, 0.05) is 6.42 Å². The lowest BCUT2D eigenvalue weighted by molar-refractivity contribution is -0.399. The van der Waals surface area contributed by atoms with Gasteiger partial charge in [-0.05, 0) is 40.0 Å². The monoisotopic (exact) mass is 1000 g/mol. The minimum atomic E-state index is -1.95. The normalized spacial score (nSPS) is 44.8. The average molecular weight is 1010 g/mol. The summed E-state index contributed by atoms with van der Waals surface area (Å²) < 4.78 is 59.6. The summed E-state index contributed by atoms with van der Waals surface area (Å²) in [5, 5.41) is 139. The number of aliphatic hydroxyl groups is 12. The molecule has 0 bridgehead atoms. The standard InChI is InChI=1S/C45H80O24/c1-5-6-12-15-23(16-13-10-8-7-9-11-14-17-26(48)49)64-45-40(28(51)24(47)19-60-45)69-42-35(58)32(55)37(21(3)62-42)66-44-36(59)39(68-43-34(57)31(54)29(52)25(18-46)65-43)38(22(4)63-44)67-41-33(56)30(53)27(50)20(2)61-41/h20-25,27-47,50-59H,5-19H2,1-4H3,(H,48,49)/t20-,21-,22-,23-,24+,25+,27-,28-,29+,30+,31-,32-,33+,34+,35+,36+,37-,38-,39-,40+,41-,42-,43-,44-,45-/m0/s1. The Morgan fingerprint density at radius 3 is 1.58 bits per heavy atom. The van der Waals surface area contributed by atoms with E-state index in [1.165, 1.54) is 20.8 Å². The molecule has 5 fully saturated rings. The molecule has 69 heavy (non-hydrogen) atoms. The average Bonchev–Trinajstić information content (AvgIpc) is 3.31. The molecule has 24 nitrogen and oxygen atoms in total. The maximum absolute atomic E-state index is 11.9. The van der Waals surface area contributed by atoms with Crippen molar-refractivity contribution in [1.82, 2.24) is 0 Å². The third kappa shape index (κ3) is 15.3. The quantitative estimate of drug-likeness (QED) is 0.0416. The molecule has 0 spiro atoms. The summed E-state index contributed by atoms with van der Waals surface area (Å²) in [6.45, 7) is 5.31. The summed E-state index contributed by atoms with van der Waals surface area (Å²) in [6.07, 6.45) is -27.9. The molecule has 5 saturated heterocycles. The lowest BCUT2D eigenvalue weighted by Gasteiger charge is -2.50. The van der Waals surface area contributed by atoms with Crippen LogP contribution >= 0.6 is 0 Å². The highest BCUT2D eigenvalue weighted by Gasteiger charge is 2.56. The van der Waals surface area contributed by atoms with Crippen molar-refractivity contribution in [3.63, 3.8) is 0 Å². The SMILES string of the molecule is CCCCC[C@@H](CCCCCCCCCC(=O)O)O[C@@H]1OC[C@@H](O)[C@H](O)[C@H]1O[C@@H]1O[C@@H](C)[C@H](O[C@@H]2O[C@@H](C)[C@H](O[C@@H]3O[C@@H](C)[C@H](O)[C@@H](O)[C@H]3O)[C@@H](O[C@@H]3O[C@H](CO)[C@@H](O)[C@H](O)[C@H]3O)[C@H]2O)[C@@H](O)[C@H]1O. The topological polar surface area (TPSA) is 372 Å². The van der Waals surface area contributed by atoms with E-state index < -0.39 is 160 Å². The molecule has 0 radical (unpaired) electrons. The summed E-state index contributed by atoms with van der Waals surface area (Å²) in [6, 6.07) is 0. The molecule has 0 aromatic carbocycles. The zero-order chi connectivity index (χ0) is 50.7. The highest BCUT2D eigenvalue weighted by Crippen LogP contribution is 2.37. The summed E-state index contributed by atoms with van der Waals surface area (Å²) in [5.74, 6) is -0.793. The van der Waals surface area contributed by atoms with E-state index in [0.717, 1.165) is 57.8 Å². The Bertz CT molecular complexity index is 1480. The molecule has 5 aliphatic rings. The predicted molar refractivity (Wildman–Crippen MR) is 232 cm³/mol. The molecule has 404 valence electrons. The summed E-state index contributed by atoms with van der Waals surface area (Å²) in [7, 11) is 0. The molecule has 0 aromatic heterocycles. The fourth-order valence-electron chi connectivity index (χ4n) is 9.33. The molecule has 24 heteroatoms. The highest BCUT2D eigenvalue weighted by molar-refractivity contribution is 5.66. The van der Waals surface area contributed by atoms with Gasteiger partial charge in [0.2, 0.25) is 0 Å². The van der Waals surface area contributed by atoms with Gasteiger partial charge in [-0.25, -0.2) is 0 Å². The molecule has 5 rings (SSSR count). The Balaban J connectivity index is 1.26. The number of unbranched alkanes of at least 4 members (excludes halogenated alkanes) is 8. The Morgan fingerprint density at radius 1 is 0.493 bits per heavy atom. The van der Waals surface area contributed by atoms with E-state index in [2.05, 4.69) is 6.92 Å². The van der Waals surface area contributed by atoms with E-state index in [1.54, 1.807) is 0 Å². The maximum atomic E-state index is 11.9. The van der Waals surface area contributed by atoms with Gasteiger partial charge in [-0.15, -0.1) is 0 Å². The van der Waals surface area contributed by atoms with Crippen molar-refractivity contribution in [1.29, 1.82) is 0 Å². The molecule has 0 amide bonds. The lowest BCUT2D eigenvalue weighted by atomic mass is 9.95. The van der Waals surface area contributed by atoms with Gasteiger partial charge in [0.05, 0.1) is 37.6 Å². The molecule has 5 aliphatic heterocycles. The number of rotatable bonds is 25. The maximum Gasteiger partial charge on any atom is 0.303 e. The fraction of sp³-hybridized carbons (Fsp3) is 0.978. The largest absolute Gasteiger partial charge is 0.481 e. The Hall–Kier alpha value is -1.41. The van der Waals surface area contributed by atoms with Crippen LogP contribution in [0.15, 0.2) is 0 Å². The first kappa shape index (κ1) is 58.5. The summed E-state index contributed by atoms with van der Waals surface area (Å²) in [4.78, 5) is 10.8. The molecule has 0 saturated carbocycles. The Morgan fingerprint density at radius 2 is 0.971 bits per heavy atom. The van der Waals surface area contributed by atoms with Gasteiger partial charge < -0.3 is 114 Å². The van der Waals surface area contributed by atoms with Crippen molar-refractivity contribution >= 4 is 5.97 Å². The van der Waals surface area contributed by atoms with Crippen LogP contribution in [-0.4, -0.2) is 239 Å². The summed E-state index contributed by atoms with van der Waals surface area (Å²) in [5.41, 5.74) is 0. The minimum Gasteiger partial charge on any atom is -0.481 e. The van der Waals surface area contributed by atoms with E-state index in [4.69, 9.17) is 52.5 Å². The third-order valence-electron chi connectivity index (χ3n) is 13.7. The number of carboxylic acid groups (broad SMARTS) is 1. The predicted octanol–water partition coefficient (Wildman–Crippen LogP) is -2.63. The number of aliphatic hydroxyl groups excluding tert-OH is 12. The molecular formula is C45H80O24. The van der Waals surface area contributed by atoms with Gasteiger partial charge >= 0.3 is 5.97 Å². The lowest BCUT2D eigenvalue weighted by Crippen LogP contribution is -2.67. The van der Waals surface area contributed by atoms with Gasteiger partial charge in [0.15, 0.2) is 31.5 Å². The Labute approximate surface area is 401 Å². The number of hydrogen-bond acceptors (Lipinski definition) is 23. The van der Waals surface area contributed by atoms with E-state index in [9.17, 15) is 66.1 Å². The Kier molecular flexibility index (Phi) is 23.5. The first-order chi connectivity index (χ1) is 32.8. The van der Waals surface area contributed by atoms with Crippen molar-refractivity contribution in [3.05, 3.63) is 0 Å². The van der Waals surface area contributed by atoms with Crippen LogP contribution in [0, 0.1) is 0 Å². The van der Waals surface area contributed by atoms with E-state index in [0.29, 0.717) is 19.3 Å². The van der Waals surface area contributed by atoms with E-state index in [1.807, 2.05) is 0 Å². The van der Waals surface area contributed by atoms with Crippen LogP contribution in [0.5, 0.6) is 0 Å². The van der Waals surface area contributed by atoms with Crippen LogP contribution in [0.25, 0.3) is 0 Å². The van der Waals surface area contributed by atoms with Crippen molar-refractivity contribution in [2.75, 3.05) is 13.2 Å². The third-order valence-corrected chi connectivity index (χ3v) is 13.7. The second-order valence-corrected chi connectivity index (χ2v) is 19.1. The van der Waals surface area contributed by atoms with Crippen LogP contribution in [-0.2, 0) is 52.2 Å². The zero-order valence-electron chi connectivity index (χ0n) is 39.8. The van der Waals surface area contributed by atoms with Gasteiger partial charge in [-0.2, -0.15) is 0 Å². The van der Waals surface area contributed by atoms with E-state index in [-0.39, 0.29) is 19.1 Å². The molecule has 0 aliphatic carbocycles. The molecule has 0 unspecified atom stereocenters. The number of aliphatic carboxylic acids is 1. The van der Waals surface area contributed by atoms with Crippen LogP contribution < -0.4 is 0 Å². The molecular weight excluding hydrogens is 924 g/mol. The van der Waals surface area contributed by atoms with Gasteiger partial charge in [0.25, 0.3) is 0 Å². The number of hydrogen-bond donors (Lipinski definition) is 13. The van der Waals surface area contributed by atoms with Crippen LogP contribution in [0.2, 0.25) is 0 Å². The van der Waals surface area contributed by atoms with Crippen LogP contribution in [0.1, 0.15) is 111 Å². The molecule has 13 N–H and O–H groups in total. The first-order valence-electron chi connectivity index (χ1n) is 24.6. The smallest absolute Gasteiger partial charge is 0.303 e. The van der Waals surface area contributed by atoms with Crippen LogP contribution in [0.3, 0.4) is 0 Å².